The summed E-state index contributed by atoms with van der Waals surface area (Å²) in [6, 6.07) is 5.93. The minimum Gasteiger partial charge on any atom is -0.454 e. The van der Waals surface area contributed by atoms with Crippen LogP contribution in [0.4, 0.5) is 0 Å². The molecule has 0 atom stereocenters. The highest BCUT2D eigenvalue weighted by Gasteiger charge is 2.37. The molecule has 0 aliphatic carbocycles. The summed E-state index contributed by atoms with van der Waals surface area (Å²) in [6.07, 6.45) is 3.47. The lowest BCUT2D eigenvalue weighted by Crippen LogP contribution is -2.50. The summed E-state index contributed by atoms with van der Waals surface area (Å²) in [4.78, 5) is 26.7. The molecule has 1 aromatic carbocycles. The monoisotopic (exact) mass is 388 g/mol. The highest BCUT2D eigenvalue weighted by molar-refractivity contribution is 6.35. The van der Waals surface area contributed by atoms with Crippen LogP contribution in [0, 0.1) is 5.92 Å². The van der Waals surface area contributed by atoms with E-state index in [0.717, 1.165) is 42.7 Å². The quantitative estimate of drug-likeness (QED) is 0.800. The fourth-order valence-electron chi connectivity index (χ4n) is 4.24. The van der Waals surface area contributed by atoms with Crippen molar-refractivity contribution in [2.45, 2.75) is 38.0 Å². The zero-order valence-electron chi connectivity index (χ0n) is 16.4. The van der Waals surface area contributed by atoms with E-state index in [1.807, 2.05) is 18.2 Å². The predicted octanol–water partition coefficient (Wildman–Crippen LogP) is 1.84. The summed E-state index contributed by atoms with van der Waals surface area (Å²) in [7, 11) is 0. The normalized spacial score (nSPS) is 21.4. The van der Waals surface area contributed by atoms with Crippen molar-refractivity contribution in [2.24, 2.45) is 5.92 Å². The molecule has 28 heavy (non-hydrogen) atoms. The van der Waals surface area contributed by atoms with Gasteiger partial charge in [-0.25, -0.2) is 0 Å². The van der Waals surface area contributed by atoms with Gasteiger partial charge in [-0.15, -0.1) is 0 Å². The van der Waals surface area contributed by atoms with E-state index in [-0.39, 0.29) is 12.2 Å². The Morgan fingerprint density at radius 3 is 2.61 bits per heavy atom. The fourth-order valence-corrected chi connectivity index (χ4v) is 4.24. The zero-order chi connectivity index (χ0) is 19.6. The molecular formula is C21H28N2O5. The molecule has 0 bridgehead atoms. The van der Waals surface area contributed by atoms with Gasteiger partial charge in [-0.2, -0.15) is 0 Å². The van der Waals surface area contributed by atoms with Gasteiger partial charge >= 0.3 is 11.8 Å². The molecule has 2 saturated heterocycles. The van der Waals surface area contributed by atoms with Gasteiger partial charge in [0, 0.05) is 38.3 Å². The molecule has 7 heteroatoms. The Bertz CT molecular complexity index is 736. The van der Waals surface area contributed by atoms with Crippen LogP contribution < -0.4 is 14.8 Å². The number of piperidine rings is 1. The van der Waals surface area contributed by atoms with E-state index in [1.165, 1.54) is 0 Å². The van der Waals surface area contributed by atoms with Gasteiger partial charge in [0.05, 0.1) is 0 Å². The van der Waals surface area contributed by atoms with E-state index in [0.29, 0.717) is 38.8 Å². The Balaban J connectivity index is 1.45. The first-order valence-corrected chi connectivity index (χ1v) is 10.1. The van der Waals surface area contributed by atoms with E-state index in [4.69, 9.17) is 14.2 Å². The van der Waals surface area contributed by atoms with Crippen molar-refractivity contribution in [2.75, 3.05) is 39.6 Å². The first kappa shape index (κ1) is 19.1. The van der Waals surface area contributed by atoms with Crippen molar-refractivity contribution in [3.8, 4) is 11.5 Å². The molecule has 0 radical (unpaired) electrons. The molecule has 152 valence electrons. The van der Waals surface area contributed by atoms with Gasteiger partial charge in [-0.1, -0.05) is 13.0 Å². The number of fused-ring (bicyclic) bond motifs is 1. The lowest BCUT2D eigenvalue weighted by atomic mass is 9.74. The van der Waals surface area contributed by atoms with E-state index in [1.54, 1.807) is 4.90 Å². The minimum absolute atomic E-state index is 0.231. The first-order chi connectivity index (χ1) is 13.6. The van der Waals surface area contributed by atoms with Gasteiger partial charge in [0.2, 0.25) is 6.79 Å². The summed E-state index contributed by atoms with van der Waals surface area (Å²) in [5, 5.41) is 2.91. The lowest BCUT2D eigenvalue weighted by Gasteiger charge is -2.38. The fraction of sp³-hybridized carbons (Fsp3) is 0.619. The number of nitrogens with one attached hydrogen (secondary N) is 1. The Kier molecular flexibility index (Phi) is 5.44. The molecule has 4 rings (SSSR count). The molecule has 3 aliphatic heterocycles. The maximum atomic E-state index is 12.5. The summed E-state index contributed by atoms with van der Waals surface area (Å²) in [5.74, 6) is 1.15. The number of amides is 2. The highest BCUT2D eigenvalue weighted by atomic mass is 16.7. The molecule has 0 aromatic heterocycles. The van der Waals surface area contributed by atoms with Gasteiger partial charge in [0.15, 0.2) is 11.5 Å². The lowest BCUT2D eigenvalue weighted by molar-refractivity contribution is -0.146. The van der Waals surface area contributed by atoms with Crippen LogP contribution in [0.1, 0.15) is 38.2 Å². The smallest absolute Gasteiger partial charge is 0.311 e. The van der Waals surface area contributed by atoms with Crippen molar-refractivity contribution < 1.29 is 23.8 Å². The third-order valence-electron chi connectivity index (χ3n) is 6.29. The largest absolute Gasteiger partial charge is 0.454 e. The third kappa shape index (κ3) is 3.81. The number of carbonyl (C=O) groups excluding carboxylic acids is 2. The molecule has 1 N–H and O–H groups in total. The second-order valence-electron chi connectivity index (χ2n) is 8.12. The maximum Gasteiger partial charge on any atom is 0.311 e. The van der Waals surface area contributed by atoms with Crippen molar-refractivity contribution in [3.05, 3.63) is 23.8 Å². The molecule has 3 aliphatic rings. The Morgan fingerprint density at radius 2 is 1.86 bits per heavy atom. The van der Waals surface area contributed by atoms with Crippen LogP contribution in [0.15, 0.2) is 18.2 Å². The summed E-state index contributed by atoms with van der Waals surface area (Å²) >= 11 is 0. The topological polar surface area (TPSA) is 77.1 Å². The van der Waals surface area contributed by atoms with Gasteiger partial charge in [-0.3, -0.25) is 9.59 Å². The highest BCUT2D eigenvalue weighted by Crippen LogP contribution is 2.40. The molecule has 7 nitrogen and oxygen atoms in total. The van der Waals surface area contributed by atoms with E-state index < -0.39 is 11.8 Å². The summed E-state index contributed by atoms with van der Waals surface area (Å²) < 4.78 is 16.5. The second-order valence-corrected chi connectivity index (χ2v) is 8.12. The Hall–Kier alpha value is -2.28. The van der Waals surface area contributed by atoms with Crippen LogP contribution in [0.2, 0.25) is 0 Å². The number of hydrogen-bond acceptors (Lipinski definition) is 5. The van der Waals surface area contributed by atoms with Crippen molar-refractivity contribution >= 4 is 11.8 Å². The van der Waals surface area contributed by atoms with Gasteiger partial charge < -0.3 is 24.4 Å². The van der Waals surface area contributed by atoms with Crippen molar-refractivity contribution in [3.63, 3.8) is 0 Å². The number of hydrogen-bond donors (Lipinski definition) is 1. The average Bonchev–Trinajstić information content (AvgIpc) is 3.21. The zero-order valence-corrected chi connectivity index (χ0v) is 16.4. The Morgan fingerprint density at radius 1 is 1.14 bits per heavy atom. The third-order valence-corrected chi connectivity index (χ3v) is 6.29. The first-order valence-electron chi connectivity index (χ1n) is 10.1. The maximum absolute atomic E-state index is 12.5. The SMILES string of the molecule is CC1CCN(C(=O)C(=O)NCC2(c3ccc4c(c3)OCO4)CCOCC2)CC1. The van der Waals surface area contributed by atoms with Gasteiger partial charge in [0.1, 0.15) is 0 Å². The number of benzene rings is 1. The number of ether oxygens (including phenoxy) is 3. The molecule has 2 fully saturated rings. The minimum atomic E-state index is -0.513. The second kappa shape index (κ2) is 7.99. The molecule has 0 unspecified atom stereocenters. The average molecular weight is 388 g/mol. The molecule has 2 amide bonds. The molecular weight excluding hydrogens is 360 g/mol. The molecule has 0 saturated carbocycles. The molecule has 1 aromatic rings. The molecule has 3 heterocycles. The number of nitrogens with zero attached hydrogens (tertiary/aromatic N) is 1. The number of likely N-dealkylation sites (tertiary alicyclic amines) is 1. The van der Waals surface area contributed by atoms with E-state index in [2.05, 4.69) is 12.2 Å². The molecule has 0 spiro atoms. The Labute approximate surface area is 165 Å². The van der Waals surface area contributed by atoms with Crippen LogP contribution in [0.25, 0.3) is 0 Å². The van der Waals surface area contributed by atoms with Crippen LogP contribution >= 0.6 is 0 Å². The van der Waals surface area contributed by atoms with Crippen molar-refractivity contribution in [1.29, 1.82) is 0 Å². The van der Waals surface area contributed by atoms with Gasteiger partial charge in [0.25, 0.3) is 0 Å². The van der Waals surface area contributed by atoms with Crippen LogP contribution in [0.5, 0.6) is 11.5 Å². The standard InChI is InChI=1S/C21H28N2O5/c1-15-4-8-23(9-5-15)20(25)19(24)22-13-21(6-10-26-11-7-21)16-2-3-17-18(12-16)28-14-27-17/h2-3,12,15H,4-11,13-14H2,1H3,(H,22,24). The van der Waals surface area contributed by atoms with E-state index >= 15 is 0 Å². The van der Waals surface area contributed by atoms with Crippen molar-refractivity contribution in [1.82, 2.24) is 10.2 Å². The van der Waals surface area contributed by atoms with Crippen LogP contribution in [-0.2, 0) is 19.7 Å². The predicted molar refractivity (Wildman–Crippen MR) is 102 cm³/mol. The summed E-state index contributed by atoms with van der Waals surface area (Å²) in [6.45, 7) is 5.40. The van der Waals surface area contributed by atoms with E-state index in [9.17, 15) is 9.59 Å². The summed E-state index contributed by atoms with van der Waals surface area (Å²) in [5.41, 5.74) is 0.811. The van der Waals surface area contributed by atoms with Crippen LogP contribution in [-0.4, -0.2) is 56.4 Å². The number of carbonyl (C=O) groups is 2. The van der Waals surface area contributed by atoms with Gasteiger partial charge in [-0.05, 0) is 49.3 Å². The number of rotatable bonds is 3. The van der Waals surface area contributed by atoms with Crippen LogP contribution in [0.3, 0.4) is 0 Å².